The molecule has 2 rings (SSSR count). The Bertz CT molecular complexity index is 423. The minimum Gasteiger partial charge on any atom is -0.395 e. The topological polar surface area (TPSA) is 84.2 Å². The zero-order chi connectivity index (χ0) is 15.2. The maximum atomic E-state index is 10.2. The van der Waals surface area contributed by atoms with Crippen molar-refractivity contribution in [2.45, 2.75) is 44.1 Å². The number of hydrogen-bond donors (Lipinski definition) is 4. The lowest BCUT2D eigenvalue weighted by Crippen LogP contribution is -2.38. The van der Waals surface area contributed by atoms with Crippen molar-refractivity contribution in [1.29, 1.82) is 0 Å². The Morgan fingerprint density at radius 1 is 1.14 bits per heavy atom. The quantitative estimate of drug-likeness (QED) is 0.586. The van der Waals surface area contributed by atoms with Crippen LogP contribution in [0.3, 0.4) is 0 Å². The van der Waals surface area contributed by atoms with Crippen LogP contribution < -0.4 is 0 Å². The van der Waals surface area contributed by atoms with E-state index in [0.717, 1.165) is 30.5 Å². The van der Waals surface area contributed by atoms with Crippen molar-refractivity contribution in [3.63, 3.8) is 0 Å². The summed E-state index contributed by atoms with van der Waals surface area (Å²) >= 11 is 0. The van der Waals surface area contributed by atoms with Crippen molar-refractivity contribution in [3.05, 3.63) is 35.4 Å². The molecule has 1 aliphatic heterocycles. The number of nitrogens with zero attached hydrogens (tertiary/aromatic N) is 1. The van der Waals surface area contributed by atoms with Crippen LogP contribution in [0.2, 0.25) is 0 Å². The van der Waals surface area contributed by atoms with E-state index in [2.05, 4.69) is 4.90 Å². The van der Waals surface area contributed by atoms with E-state index in [1.807, 2.05) is 0 Å². The van der Waals surface area contributed by atoms with Crippen molar-refractivity contribution >= 4 is 0 Å². The number of rotatable bonds is 7. The Balaban J connectivity index is 1.84. The molecule has 1 saturated heterocycles. The highest BCUT2D eigenvalue weighted by molar-refractivity contribution is 5.23. The second kappa shape index (κ2) is 7.87. The number of likely N-dealkylation sites (tertiary alicyclic amines) is 1. The maximum Gasteiger partial charge on any atom is 0.0815 e. The van der Waals surface area contributed by atoms with Gasteiger partial charge in [0.15, 0.2) is 0 Å². The summed E-state index contributed by atoms with van der Waals surface area (Å²) in [7, 11) is 0. The minimum absolute atomic E-state index is 0.0174. The molecule has 3 unspecified atom stereocenters. The van der Waals surface area contributed by atoms with Crippen LogP contribution in [0.15, 0.2) is 24.3 Å². The smallest absolute Gasteiger partial charge is 0.0815 e. The van der Waals surface area contributed by atoms with E-state index in [4.69, 9.17) is 5.11 Å². The van der Waals surface area contributed by atoms with E-state index < -0.39 is 12.2 Å². The molecule has 1 fully saturated rings. The van der Waals surface area contributed by atoms with E-state index in [1.165, 1.54) is 0 Å². The molecule has 118 valence electrons. The first kappa shape index (κ1) is 16.4. The molecule has 1 aromatic rings. The van der Waals surface area contributed by atoms with Crippen LogP contribution in [0.5, 0.6) is 0 Å². The average Bonchev–Trinajstić information content (AvgIpc) is 2.94. The van der Waals surface area contributed by atoms with Gasteiger partial charge in [0, 0.05) is 19.0 Å². The molecule has 0 amide bonds. The molecule has 0 radical (unpaired) electrons. The van der Waals surface area contributed by atoms with Gasteiger partial charge in [-0.05, 0) is 30.5 Å². The lowest BCUT2D eigenvalue weighted by Gasteiger charge is -2.26. The van der Waals surface area contributed by atoms with Crippen LogP contribution in [-0.4, -0.2) is 57.2 Å². The number of aliphatic hydroxyl groups excluding tert-OH is 4. The molecule has 0 bridgehead atoms. The molecule has 0 saturated carbocycles. The van der Waals surface area contributed by atoms with Gasteiger partial charge in [-0.2, -0.15) is 0 Å². The zero-order valence-corrected chi connectivity index (χ0v) is 12.2. The summed E-state index contributed by atoms with van der Waals surface area (Å²) in [5.74, 6) is 0. The Morgan fingerprint density at radius 2 is 1.86 bits per heavy atom. The van der Waals surface area contributed by atoms with Crippen LogP contribution in [0.4, 0.5) is 0 Å². The maximum absolute atomic E-state index is 10.2. The van der Waals surface area contributed by atoms with Crippen molar-refractivity contribution < 1.29 is 20.4 Å². The molecule has 5 nitrogen and oxygen atoms in total. The minimum atomic E-state index is -0.720. The summed E-state index contributed by atoms with van der Waals surface area (Å²) in [6.45, 7) is 1.48. The van der Waals surface area contributed by atoms with Gasteiger partial charge >= 0.3 is 0 Å². The van der Waals surface area contributed by atoms with Crippen LogP contribution in [0.1, 0.15) is 36.5 Å². The van der Waals surface area contributed by atoms with Crippen molar-refractivity contribution in [1.82, 2.24) is 4.90 Å². The number of hydrogen-bond acceptors (Lipinski definition) is 5. The summed E-state index contributed by atoms with van der Waals surface area (Å²) in [6, 6.07) is 7.23. The van der Waals surface area contributed by atoms with Gasteiger partial charge in [-0.15, -0.1) is 0 Å². The van der Waals surface area contributed by atoms with Crippen LogP contribution in [0, 0.1) is 0 Å². The van der Waals surface area contributed by atoms with E-state index in [9.17, 15) is 15.3 Å². The van der Waals surface area contributed by atoms with E-state index >= 15 is 0 Å². The standard InChI is InChI=1S/C16H25NO4/c18-10-12-3-5-13(6-4-12)16(21)8-15(20)9-17-7-1-2-14(17)11-19/h3-6,14-16,18-21H,1-2,7-11H2. The highest BCUT2D eigenvalue weighted by Gasteiger charge is 2.26. The SMILES string of the molecule is OCc1ccc(C(O)CC(O)CN2CCCC2CO)cc1. The summed E-state index contributed by atoms with van der Waals surface area (Å²) in [4.78, 5) is 2.09. The molecular formula is C16H25NO4. The van der Waals surface area contributed by atoms with Crippen LogP contribution >= 0.6 is 0 Å². The first-order chi connectivity index (χ1) is 10.1. The molecule has 1 aliphatic rings. The third-order valence-electron chi connectivity index (χ3n) is 4.20. The van der Waals surface area contributed by atoms with Crippen LogP contribution in [0.25, 0.3) is 0 Å². The van der Waals surface area contributed by atoms with Crippen molar-refractivity contribution in [2.24, 2.45) is 0 Å². The van der Waals surface area contributed by atoms with Gasteiger partial charge in [-0.25, -0.2) is 0 Å². The Morgan fingerprint density at radius 3 is 2.48 bits per heavy atom. The normalized spacial score (nSPS) is 22.4. The van der Waals surface area contributed by atoms with Crippen LogP contribution in [-0.2, 0) is 6.61 Å². The Labute approximate surface area is 125 Å². The molecule has 1 heterocycles. The predicted molar refractivity (Wildman–Crippen MR) is 79.6 cm³/mol. The predicted octanol–water partition coefficient (Wildman–Crippen LogP) is 0.420. The van der Waals surface area contributed by atoms with Gasteiger partial charge in [-0.1, -0.05) is 24.3 Å². The van der Waals surface area contributed by atoms with Crippen molar-refractivity contribution in [2.75, 3.05) is 19.7 Å². The van der Waals surface area contributed by atoms with Crippen molar-refractivity contribution in [3.8, 4) is 0 Å². The molecule has 3 atom stereocenters. The van der Waals surface area contributed by atoms with Gasteiger partial charge in [0.2, 0.25) is 0 Å². The molecule has 0 aromatic heterocycles. The summed E-state index contributed by atoms with van der Waals surface area (Å²) < 4.78 is 0. The van der Waals surface area contributed by atoms with Gasteiger partial charge < -0.3 is 20.4 Å². The average molecular weight is 295 g/mol. The highest BCUT2D eigenvalue weighted by Crippen LogP contribution is 2.22. The fraction of sp³-hybridized carbons (Fsp3) is 0.625. The third kappa shape index (κ3) is 4.49. The monoisotopic (exact) mass is 295 g/mol. The third-order valence-corrected chi connectivity index (χ3v) is 4.20. The van der Waals surface area contributed by atoms with E-state index in [1.54, 1.807) is 24.3 Å². The molecule has 0 spiro atoms. The van der Waals surface area contributed by atoms with E-state index in [-0.39, 0.29) is 25.7 Å². The molecule has 21 heavy (non-hydrogen) atoms. The molecular weight excluding hydrogens is 270 g/mol. The molecule has 0 aliphatic carbocycles. The lowest BCUT2D eigenvalue weighted by molar-refractivity contribution is 0.0428. The fourth-order valence-electron chi connectivity index (χ4n) is 2.93. The molecule has 5 heteroatoms. The van der Waals surface area contributed by atoms with Gasteiger partial charge in [0.1, 0.15) is 0 Å². The summed E-state index contributed by atoms with van der Waals surface area (Å²) in [5.41, 5.74) is 1.54. The summed E-state index contributed by atoms with van der Waals surface area (Å²) in [5, 5.41) is 38.6. The fourth-order valence-corrected chi connectivity index (χ4v) is 2.93. The molecule has 1 aromatic carbocycles. The van der Waals surface area contributed by atoms with E-state index in [0.29, 0.717) is 6.54 Å². The lowest BCUT2D eigenvalue weighted by atomic mass is 10.0. The van der Waals surface area contributed by atoms with Gasteiger partial charge in [-0.3, -0.25) is 4.90 Å². The zero-order valence-electron chi connectivity index (χ0n) is 12.2. The second-order valence-corrected chi connectivity index (χ2v) is 5.78. The first-order valence-electron chi connectivity index (χ1n) is 7.54. The second-order valence-electron chi connectivity index (χ2n) is 5.78. The number of benzene rings is 1. The Hall–Kier alpha value is -0.980. The number of aliphatic hydroxyl groups is 4. The number of β-amino-alcohol motifs (C(OH)–C–C–N with tert-alkyl or cyclic N) is 1. The van der Waals surface area contributed by atoms with Gasteiger partial charge in [0.05, 0.1) is 25.4 Å². The Kier molecular flexibility index (Phi) is 6.14. The highest BCUT2D eigenvalue weighted by atomic mass is 16.3. The molecule has 4 N–H and O–H groups in total. The largest absolute Gasteiger partial charge is 0.395 e. The van der Waals surface area contributed by atoms with Gasteiger partial charge in [0.25, 0.3) is 0 Å². The summed E-state index contributed by atoms with van der Waals surface area (Å²) in [6.07, 6.45) is 0.942. The first-order valence-corrected chi connectivity index (χ1v) is 7.54.